The van der Waals surface area contributed by atoms with Crippen molar-refractivity contribution in [2.24, 2.45) is 0 Å². The second kappa shape index (κ2) is 5.93. The van der Waals surface area contributed by atoms with Crippen molar-refractivity contribution in [1.82, 2.24) is 15.5 Å². The second-order valence-electron chi connectivity index (χ2n) is 5.62. The zero-order valence-corrected chi connectivity index (χ0v) is 12.1. The molecular formula is C12H22N4OS. The van der Waals surface area contributed by atoms with Gasteiger partial charge in [0, 0.05) is 17.3 Å². The third kappa shape index (κ3) is 4.49. The van der Waals surface area contributed by atoms with Crippen molar-refractivity contribution < 1.29 is 4.42 Å². The molecule has 6 heteroatoms. The molecule has 1 unspecified atom stereocenters. The Kier molecular flexibility index (Phi) is 4.50. The molecule has 18 heavy (non-hydrogen) atoms. The van der Waals surface area contributed by atoms with Crippen molar-refractivity contribution in [3.8, 4) is 0 Å². The van der Waals surface area contributed by atoms with E-state index in [9.17, 15) is 0 Å². The number of aromatic nitrogens is 2. The van der Waals surface area contributed by atoms with E-state index in [1.54, 1.807) is 0 Å². The highest BCUT2D eigenvalue weighted by molar-refractivity contribution is 8.00. The van der Waals surface area contributed by atoms with E-state index >= 15 is 0 Å². The first-order chi connectivity index (χ1) is 8.53. The van der Waals surface area contributed by atoms with Crippen LogP contribution in [0.15, 0.2) is 4.42 Å². The normalized spacial score (nSPS) is 20.3. The van der Waals surface area contributed by atoms with Gasteiger partial charge in [-0.3, -0.25) is 0 Å². The Morgan fingerprint density at radius 1 is 1.39 bits per heavy atom. The lowest BCUT2D eigenvalue weighted by atomic mass is 10.1. The molecule has 0 aromatic carbocycles. The lowest BCUT2D eigenvalue weighted by Gasteiger charge is -2.18. The van der Waals surface area contributed by atoms with Crippen LogP contribution in [0.2, 0.25) is 0 Å². The van der Waals surface area contributed by atoms with Gasteiger partial charge in [-0.15, -0.1) is 5.10 Å². The predicted molar refractivity (Wildman–Crippen MR) is 74.9 cm³/mol. The molecule has 2 heterocycles. The molecule has 0 spiro atoms. The first kappa shape index (κ1) is 13.7. The fraction of sp³-hybridized carbons (Fsp3) is 0.833. The standard InChI is InChI=1S/C12H22N4OS/c1-12(2,3)14-8-10-15-16-11(17-10)13-7-9-5-4-6-18-9/h9,14H,4-8H2,1-3H3,(H,13,16). The van der Waals surface area contributed by atoms with Crippen LogP contribution in [0.25, 0.3) is 0 Å². The third-order valence-corrected chi connectivity index (χ3v) is 4.14. The number of hydrogen-bond donors (Lipinski definition) is 2. The van der Waals surface area contributed by atoms with Gasteiger partial charge in [-0.1, -0.05) is 5.10 Å². The lowest BCUT2D eigenvalue weighted by molar-refractivity contribution is 0.383. The first-order valence-electron chi connectivity index (χ1n) is 6.46. The fourth-order valence-corrected chi connectivity index (χ4v) is 2.94. The summed E-state index contributed by atoms with van der Waals surface area (Å²) < 4.78 is 5.53. The summed E-state index contributed by atoms with van der Waals surface area (Å²) >= 11 is 2.02. The van der Waals surface area contributed by atoms with E-state index in [2.05, 4.69) is 41.6 Å². The molecule has 5 nitrogen and oxygen atoms in total. The average Bonchev–Trinajstić information content (AvgIpc) is 2.94. The summed E-state index contributed by atoms with van der Waals surface area (Å²) in [5.41, 5.74) is 0.0581. The largest absolute Gasteiger partial charge is 0.407 e. The maximum absolute atomic E-state index is 5.53. The molecule has 0 radical (unpaired) electrons. The van der Waals surface area contributed by atoms with E-state index < -0.39 is 0 Å². The van der Waals surface area contributed by atoms with E-state index in [1.807, 2.05) is 11.8 Å². The Labute approximate surface area is 112 Å². The molecule has 0 saturated carbocycles. The molecule has 1 fully saturated rings. The highest BCUT2D eigenvalue weighted by Crippen LogP contribution is 2.26. The van der Waals surface area contributed by atoms with Crippen LogP contribution in [-0.4, -0.2) is 33.3 Å². The highest BCUT2D eigenvalue weighted by atomic mass is 32.2. The number of anilines is 1. The lowest BCUT2D eigenvalue weighted by Crippen LogP contribution is -2.35. The van der Waals surface area contributed by atoms with Crippen molar-refractivity contribution in [3.63, 3.8) is 0 Å². The van der Waals surface area contributed by atoms with Gasteiger partial charge in [-0.05, 0) is 39.4 Å². The number of nitrogens with one attached hydrogen (secondary N) is 2. The topological polar surface area (TPSA) is 63.0 Å². The summed E-state index contributed by atoms with van der Waals surface area (Å²) in [6, 6.07) is 0.535. The Morgan fingerprint density at radius 3 is 2.89 bits per heavy atom. The number of hydrogen-bond acceptors (Lipinski definition) is 6. The maximum Gasteiger partial charge on any atom is 0.315 e. The van der Waals surface area contributed by atoms with E-state index in [1.165, 1.54) is 18.6 Å². The van der Waals surface area contributed by atoms with Crippen LogP contribution in [0.4, 0.5) is 6.01 Å². The van der Waals surface area contributed by atoms with Crippen LogP contribution in [0.5, 0.6) is 0 Å². The molecular weight excluding hydrogens is 248 g/mol. The van der Waals surface area contributed by atoms with Crippen LogP contribution >= 0.6 is 11.8 Å². The first-order valence-corrected chi connectivity index (χ1v) is 7.51. The van der Waals surface area contributed by atoms with Crippen molar-refractivity contribution in [1.29, 1.82) is 0 Å². The van der Waals surface area contributed by atoms with E-state index in [4.69, 9.17) is 4.42 Å². The molecule has 1 saturated heterocycles. The minimum Gasteiger partial charge on any atom is -0.407 e. The van der Waals surface area contributed by atoms with Gasteiger partial charge in [0.2, 0.25) is 5.89 Å². The minimum absolute atomic E-state index is 0.0581. The predicted octanol–water partition coefficient (Wildman–Crippen LogP) is 2.27. The Balaban J connectivity index is 1.75. The molecule has 1 aromatic rings. The SMILES string of the molecule is CC(C)(C)NCc1nnc(NCC2CCCS2)o1. The van der Waals surface area contributed by atoms with Crippen LogP contribution in [0, 0.1) is 0 Å². The number of thioether (sulfide) groups is 1. The van der Waals surface area contributed by atoms with E-state index in [-0.39, 0.29) is 5.54 Å². The van der Waals surface area contributed by atoms with Crippen LogP contribution < -0.4 is 10.6 Å². The second-order valence-corrected chi connectivity index (χ2v) is 7.03. The van der Waals surface area contributed by atoms with Gasteiger partial charge >= 0.3 is 6.01 Å². The number of rotatable bonds is 5. The Morgan fingerprint density at radius 2 is 2.22 bits per heavy atom. The summed E-state index contributed by atoms with van der Waals surface area (Å²) in [6.45, 7) is 7.86. The van der Waals surface area contributed by atoms with E-state index in [0.29, 0.717) is 23.7 Å². The quantitative estimate of drug-likeness (QED) is 0.856. The summed E-state index contributed by atoms with van der Waals surface area (Å²) in [5, 5.41) is 15.2. The Hall–Kier alpha value is -0.750. The van der Waals surface area contributed by atoms with Gasteiger partial charge in [0.05, 0.1) is 6.54 Å². The Bertz CT molecular complexity index is 368. The van der Waals surface area contributed by atoms with Crippen molar-refractivity contribution in [2.75, 3.05) is 17.6 Å². The molecule has 102 valence electrons. The highest BCUT2D eigenvalue weighted by Gasteiger charge is 2.16. The van der Waals surface area contributed by atoms with Gasteiger partial charge in [-0.25, -0.2) is 0 Å². The van der Waals surface area contributed by atoms with Crippen molar-refractivity contribution >= 4 is 17.8 Å². The van der Waals surface area contributed by atoms with Gasteiger partial charge in [0.15, 0.2) is 0 Å². The summed E-state index contributed by atoms with van der Waals surface area (Å²) in [7, 11) is 0. The summed E-state index contributed by atoms with van der Waals surface area (Å²) in [6.07, 6.45) is 2.60. The molecule has 2 N–H and O–H groups in total. The molecule has 1 aromatic heterocycles. The van der Waals surface area contributed by atoms with Crippen LogP contribution in [0.1, 0.15) is 39.5 Å². The maximum atomic E-state index is 5.53. The van der Waals surface area contributed by atoms with Gasteiger partial charge < -0.3 is 15.1 Å². The van der Waals surface area contributed by atoms with Crippen molar-refractivity contribution in [3.05, 3.63) is 5.89 Å². The molecule has 1 aliphatic rings. The molecule has 0 amide bonds. The summed E-state index contributed by atoms with van der Waals surface area (Å²) in [5.74, 6) is 1.91. The van der Waals surface area contributed by atoms with Crippen LogP contribution in [0.3, 0.4) is 0 Å². The van der Waals surface area contributed by atoms with Crippen molar-refractivity contribution in [2.45, 2.75) is 50.9 Å². The van der Waals surface area contributed by atoms with E-state index in [0.717, 1.165) is 6.54 Å². The molecule has 1 aliphatic heterocycles. The number of nitrogens with zero attached hydrogens (tertiary/aromatic N) is 2. The zero-order chi connectivity index (χ0) is 13.0. The van der Waals surface area contributed by atoms with Gasteiger partial charge in [0.1, 0.15) is 0 Å². The van der Waals surface area contributed by atoms with Gasteiger partial charge in [0.25, 0.3) is 0 Å². The monoisotopic (exact) mass is 270 g/mol. The third-order valence-electron chi connectivity index (χ3n) is 2.74. The average molecular weight is 270 g/mol. The van der Waals surface area contributed by atoms with Crippen LogP contribution in [-0.2, 0) is 6.54 Å². The molecule has 1 atom stereocenters. The zero-order valence-electron chi connectivity index (χ0n) is 11.3. The minimum atomic E-state index is 0.0581. The van der Waals surface area contributed by atoms with Gasteiger partial charge in [-0.2, -0.15) is 11.8 Å². The summed E-state index contributed by atoms with van der Waals surface area (Å²) in [4.78, 5) is 0. The fourth-order valence-electron chi connectivity index (χ4n) is 1.74. The molecule has 2 rings (SSSR count). The molecule has 0 aliphatic carbocycles. The smallest absolute Gasteiger partial charge is 0.315 e. The molecule has 0 bridgehead atoms.